The van der Waals surface area contributed by atoms with Gasteiger partial charge in [0.1, 0.15) is 35.0 Å². The van der Waals surface area contributed by atoms with Crippen molar-refractivity contribution in [2.75, 3.05) is 0 Å². The largest absolute Gasteiger partial charge is 0.457 e. The number of aryl methyl sites for hydroxylation is 2. The SMILES string of the molecule is Cc1cccc(Oc2ccccc2-c2cc(C)cc(-c3cc(F)cc(F)c3)c2OCl)c1. The zero-order valence-corrected chi connectivity index (χ0v) is 17.7. The van der Waals surface area contributed by atoms with E-state index >= 15 is 0 Å². The van der Waals surface area contributed by atoms with E-state index in [0.29, 0.717) is 28.2 Å². The Hall–Kier alpha value is -3.37. The topological polar surface area (TPSA) is 18.5 Å². The van der Waals surface area contributed by atoms with E-state index in [1.807, 2.05) is 68.4 Å². The van der Waals surface area contributed by atoms with Gasteiger partial charge in [0.15, 0.2) is 5.75 Å². The van der Waals surface area contributed by atoms with E-state index < -0.39 is 11.6 Å². The van der Waals surface area contributed by atoms with E-state index in [4.69, 9.17) is 20.9 Å². The molecule has 31 heavy (non-hydrogen) atoms. The Morgan fingerprint density at radius 3 is 2.10 bits per heavy atom. The zero-order chi connectivity index (χ0) is 22.0. The zero-order valence-electron chi connectivity index (χ0n) is 17.0. The Labute approximate surface area is 184 Å². The molecule has 5 heteroatoms. The van der Waals surface area contributed by atoms with Gasteiger partial charge >= 0.3 is 0 Å². The fourth-order valence-corrected chi connectivity index (χ4v) is 3.73. The van der Waals surface area contributed by atoms with Crippen molar-refractivity contribution in [3.63, 3.8) is 0 Å². The summed E-state index contributed by atoms with van der Waals surface area (Å²) in [6.07, 6.45) is 0. The third kappa shape index (κ3) is 4.54. The van der Waals surface area contributed by atoms with Crippen LogP contribution in [0.1, 0.15) is 11.1 Å². The first-order chi connectivity index (χ1) is 14.9. The van der Waals surface area contributed by atoms with Gasteiger partial charge in [0.2, 0.25) is 0 Å². The summed E-state index contributed by atoms with van der Waals surface area (Å²) in [7, 11) is 0. The maximum Gasteiger partial charge on any atom is 0.162 e. The molecule has 4 rings (SSSR count). The van der Waals surface area contributed by atoms with E-state index in [2.05, 4.69) is 0 Å². The van der Waals surface area contributed by atoms with Gasteiger partial charge in [-0.05, 0) is 73.0 Å². The van der Waals surface area contributed by atoms with Gasteiger partial charge in [-0.1, -0.05) is 30.3 Å². The predicted octanol–water partition coefficient (Wildman–Crippen LogP) is 8.24. The first-order valence-corrected chi connectivity index (χ1v) is 9.99. The number of halogens is 3. The van der Waals surface area contributed by atoms with E-state index in [1.54, 1.807) is 6.07 Å². The molecule has 4 aromatic carbocycles. The quantitative estimate of drug-likeness (QED) is 0.313. The third-order valence-corrected chi connectivity index (χ3v) is 5.03. The fourth-order valence-electron chi connectivity index (χ4n) is 3.56. The molecule has 0 aliphatic carbocycles. The van der Waals surface area contributed by atoms with Crippen molar-refractivity contribution in [2.45, 2.75) is 13.8 Å². The molecule has 0 atom stereocenters. The molecular weight excluding hydrogens is 418 g/mol. The number of ether oxygens (including phenoxy) is 1. The second-order valence-corrected chi connectivity index (χ2v) is 7.49. The van der Waals surface area contributed by atoms with Gasteiger partial charge in [0, 0.05) is 22.8 Å². The van der Waals surface area contributed by atoms with Crippen LogP contribution in [0.25, 0.3) is 22.3 Å². The lowest BCUT2D eigenvalue weighted by Crippen LogP contribution is -1.94. The van der Waals surface area contributed by atoms with Crippen molar-refractivity contribution in [1.29, 1.82) is 0 Å². The van der Waals surface area contributed by atoms with Crippen molar-refractivity contribution >= 4 is 11.9 Å². The number of para-hydroxylation sites is 1. The van der Waals surface area contributed by atoms with Crippen LogP contribution >= 0.6 is 11.9 Å². The molecule has 0 aliphatic rings. The first kappa shape index (κ1) is 20.9. The third-order valence-electron chi connectivity index (χ3n) is 4.88. The Morgan fingerprint density at radius 1 is 0.677 bits per heavy atom. The molecule has 2 nitrogen and oxygen atoms in total. The molecule has 156 valence electrons. The highest BCUT2D eigenvalue weighted by Gasteiger charge is 2.19. The van der Waals surface area contributed by atoms with Crippen molar-refractivity contribution in [3.8, 4) is 39.5 Å². The van der Waals surface area contributed by atoms with Crippen LogP contribution in [-0.2, 0) is 0 Å². The van der Waals surface area contributed by atoms with Crippen molar-refractivity contribution in [3.05, 3.63) is 102 Å². The fraction of sp³-hybridized carbons (Fsp3) is 0.0769. The molecule has 0 bridgehead atoms. The minimum atomic E-state index is -0.679. The summed E-state index contributed by atoms with van der Waals surface area (Å²) in [6, 6.07) is 22.2. The molecule has 0 fully saturated rings. The van der Waals surface area contributed by atoms with Crippen molar-refractivity contribution in [1.82, 2.24) is 0 Å². The van der Waals surface area contributed by atoms with Crippen LogP contribution in [0.2, 0.25) is 0 Å². The molecule has 0 aliphatic heterocycles. The minimum Gasteiger partial charge on any atom is -0.457 e. The Balaban J connectivity index is 1.88. The molecule has 0 amide bonds. The lowest BCUT2D eigenvalue weighted by atomic mass is 9.94. The summed E-state index contributed by atoms with van der Waals surface area (Å²) in [4.78, 5) is 0. The van der Waals surface area contributed by atoms with Crippen LogP contribution in [0.15, 0.2) is 78.9 Å². The van der Waals surface area contributed by atoms with Gasteiger partial charge in [0.05, 0.1) is 0 Å². The smallest absolute Gasteiger partial charge is 0.162 e. The van der Waals surface area contributed by atoms with E-state index in [0.717, 1.165) is 22.8 Å². The molecule has 0 saturated heterocycles. The minimum absolute atomic E-state index is 0.289. The molecular formula is C26H19ClF2O2. The van der Waals surface area contributed by atoms with Crippen molar-refractivity contribution in [2.24, 2.45) is 0 Å². The average molecular weight is 437 g/mol. The van der Waals surface area contributed by atoms with Crippen LogP contribution in [-0.4, -0.2) is 0 Å². The molecule has 0 spiro atoms. The van der Waals surface area contributed by atoms with Crippen LogP contribution in [0.3, 0.4) is 0 Å². The monoisotopic (exact) mass is 436 g/mol. The summed E-state index contributed by atoms with van der Waals surface area (Å²) in [5, 5.41) is 0. The van der Waals surface area contributed by atoms with Gasteiger partial charge < -0.3 is 9.03 Å². The highest BCUT2D eigenvalue weighted by atomic mass is 35.5. The second kappa shape index (κ2) is 8.78. The summed E-state index contributed by atoms with van der Waals surface area (Å²) < 4.78 is 39.1. The Kier molecular flexibility index (Phi) is 5.92. The normalized spacial score (nSPS) is 10.7. The lowest BCUT2D eigenvalue weighted by molar-refractivity contribution is 0.483. The van der Waals surface area contributed by atoms with Gasteiger partial charge in [0.25, 0.3) is 0 Å². The lowest BCUT2D eigenvalue weighted by Gasteiger charge is -2.17. The van der Waals surface area contributed by atoms with Gasteiger partial charge in [-0.3, -0.25) is 0 Å². The highest BCUT2D eigenvalue weighted by Crippen LogP contribution is 2.44. The van der Waals surface area contributed by atoms with Crippen LogP contribution in [0.5, 0.6) is 17.2 Å². The number of hydrogen-bond donors (Lipinski definition) is 0. The van der Waals surface area contributed by atoms with Crippen LogP contribution in [0, 0.1) is 25.5 Å². The summed E-state index contributed by atoms with van der Waals surface area (Å²) >= 11 is 5.87. The summed E-state index contributed by atoms with van der Waals surface area (Å²) in [5.41, 5.74) is 4.14. The first-order valence-electron chi connectivity index (χ1n) is 9.68. The van der Waals surface area contributed by atoms with E-state index in [9.17, 15) is 8.78 Å². The highest BCUT2D eigenvalue weighted by molar-refractivity contribution is 6.10. The molecule has 0 aromatic heterocycles. The standard InChI is InChI=1S/C26H19ClF2O2/c1-16-6-5-7-21(10-16)30-25-9-4-3-8-22(25)24-12-17(2)11-23(26(24)31-27)18-13-19(28)15-20(29)14-18/h3-15H,1-2H3. The van der Waals surface area contributed by atoms with Gasteiger partial charge in [-0.15, -0.1) is 0 Å². The number of benzene rings is 4. The van der Waals surface area contributed by atoms with E-state index in [-0.39, 0.29) is 5.75 Å². The molecule has 0 heterocycles. The maximum atomic E-state index is 13.9. The summed E-state index contributed by atoms with van der Waals surface area (Å²) in [6.45, 7) is 3.88. The summed E-state index contributed by atoms with van der Waals surface area (Å²) in [5.74, 6) is 0.229. The average Bonchev–Trinajstić information content (AvgIpc) is 2.73. The molecule has 0 N–H and O–H groups in total. The molecule has 0 unspecified atom stereocenters. The Bertz CT molecular complexity index is 1230. The van der Waals surface area contributed by atoms with Crippen LogP contribution < -0.4 is 9.03 Å². The number of hydrogen-bond acceptors (Lipinski definition) is 2. The predicted molar refractivity (Wildman–Crippen MR) is 120 cm³/mol. The number of rotatable bonds is 5. The van der Waals surface area contributed by atoms with Crippen molar-refractivity contribution < 1.29 is 17.8 Å². The van der Waals surface area contributed by atoms with Gasteiger partial charge in [-0.2, -0.15) is 0 Å². The van der Waals surface area contributed by atoms with Gasteiger partial charge in [-0.25, -0.2) is 8.78 Å². The maximum absolute atomic E-state index is 13.9. The Morgan fingerprint density at radius 2 is 1.39 bits per heavy atom. The van der Waals surface area contributed by atoms with E-state index in [1.165, 1.54) is 12.1 Å². The molecule has 4 aromatic rings. The van der Waals surface area contributed by atoms with Crippen LogP contribution in [0.4, 0.5) is 8.78 Å². The second-order valence-electron chi connectivity index (χ2n) is 7.34. The molecule has 0 radical (unpaired) electrons. The molecule has 0 saturated carbocycles.